The maximum Gasteiger partial charge on any atom is 0.200 e. The van der Waals surface area contributed by atoms with Gasteiger partial charge >= 0.3 is 0 Å². The number of rotatable bonds is 3. The van der Waals surface area contributed by atoms with Crippen LogP contribution < -0.4 is 5.48 Å². The summed E-state index contributed by atoms with van der Waals surface area (Å²) >= 11 is 0. The van der Waals surface area contributed by atoms with Crippen LogP contribution in [0, 0.1) is 0 Å². The standard InChI is InChI=1S/C13H18N2O2/c1-13(2,3)12-15-10-7-9(8-14-16-4)5-6-11(10)17-12/h5-7,14H,8H2,1-4H3. The number of hydrogen-bond donors (Lipinski definition) is 1. The number of oxazole rings is 1. The van der Waals surface area contributed by atoms with Crippen molar-refractivity contribution >= 4 is 11.1 Å². The Bertz CT molecular complexity index is 512. The zero-order chi connectivity index (χ0) is 12.5. The summed E-state index contributed by atoms with van der Waals surface area (Å²) in [5.74, 6) is 0.768. The molecule has 0 atom stereocenters. The molecule has 17 heavy (non-hydrogen) atoms. The summed E-state index contributed by atoms with van der Waals surface area (Å²) in [6.45, 7) is 6.92. The highest BCUT2D eigenvalue weighted by atomic mass is 16.6. The third kappa shape index (κ3) is 2.65. The van der Waals surface area contributed by atoms with Crippen LogP contribution in [0.1, 0.15) is 32.2 Å². The molecular weight excluding hydrogens is 216 g/mol. The van der Waals surface area contributed by atoms with Crippen LogP contribution in [-0.4, -0.2) is 12.1 Å². The van der Waals surface area contributed by atoms with E-state index in [1.807, 2.05) is 18.2 Å². The minimum atomic E-state index is -0.0655. The van der Waals surface area contributed by atoms with Gasteiger partial charge in [-0.25, -0.2) is 4.98 Å². The molecule has 1 N–H and O–H groups in total. The van der Waals surface area contributed by atoms with E-state index in [0.717, 1.165) is 22.6 Å². The molecule has 0 radical (unpaired) electrons. The second-order valence-corrected chi connectivity index (χ2v) is 5.10. The molecule has 0 aliphatic carbocycles. The Kier molecular flexibility index (Phi) is 3.17. The van der Waals surface area contributed by atoms with E-state index in [-0.39, 0.29) is 5.41 Å². The van der Waals surface area contributed by atoms with Gasteiger partial charge in [-0.05, 0) is 17.7 Å². The fourth-order valence-corrected chi connectivity index (χ4v) is 1.56. The van der Waals surface area contributed by atoms with Gasteiger partial charge in [-0.1, -0.05) is 26.8 Å². The number of fused-ring (bicyclic) bond motifs is 1. The Morgan fingerprint density at radius 2 is 2.12 bits per heavy atom. The number of hydroxylamine groups is 1. The van der Waals surface area contributed by atoms with Crippen LogP contribution in [0.25, 0.3) is 11.1 Å². The summed E-state index contributed by atoms with van der Waals surface area (Å²) in [7, 11) is 1.60. The first-order chi connectivity index (χ1) is 8.00. The molecule has 1 aromatic carbocycles. The highest BCUT2D eigenvalue weighted by Crippen LogP contribution is 2.26. The van der Waals surface area contributed by atoms with Gasteiger partial charge in [0, 0.05) is 12.0 Å². The molecule has 0 unspecified atom stereocenters. The first kappa shape index (κ1) is 12.1. The van der Waals surface area contributed by atoms with E-state index in [9.17, 15) is 0 Å². The van der Waals surface area contributed by atoms with E-state index in [1.54, 1.807) is 7.11 Å². The molecule has 0 bridgehead atoms. The predicted octanol–water partition coefficient (Wildman–Crippen LogP) is 2.78. The molecule has 0 fully saturated rings. The summed E-state index contributed by atoms with van der Waals surface area (Å²) in [4.78, 5) is 9.34. The number of aromatic nitrogens is 1. The molecule has 0 amide bonds. The van der Waals surface area contributed by atoms with Crippen LogP contribution >= 0.6 is 0 Å². The number of benzene rings is 1. The van der Waals surface area contributed by atoms with E-state index in [2.05, 4.69) is 31.2 Å². The topological polar surface area (TPSA) is 47.3 Å². The summed E-state index contributed by atoms with van der Waals surface area (Å²) in [6, 6.07) is 5.97. The number of hydrogen-bond acceptors (Lipinski definition) is 4. The Labute approximate surface area is 101 Å². The fourth-order valence-electron chi connectivity index (χ4n) is 1.56. The maximum absolute atomic E-state index is 5.73. The molecule has 0 spiro atoms. The largest absolute Gasteiger partial charge is 0.440 e. The minimum absolute atomic E-state index is 0.0655. The van der Waals surface area contributed by atoms with Crippen LogP contribution in [0.3, 0.4) is 0 Å². The number of nitrogens with zero attached hydrogens (tertiary/aromatic N) is 1. The van der Waals surface area contributed by atoms with Crippen LogP contribution in [0.5, 0.6) is 0 Å². The average molecular weight is 234 g/mol. The van der Waals surface area contributed by atoms with Crippen molar-refractivity contribution in [2.45, 2.75) is 32.7 Å². The van der Waals surface area contributed by atoms with Crippen LogP contribution in [0.4, 0.5) is 0 Å². The maximum atomic E-state index is 5.73. The first-order valence-corrected chi connectivity index (χ1v) is 5.66. The van der Waals surface area contributed by atoms with Crippen molar-refractivity contribution in [1.29, 1.82) is 0 Å². The zero-order valence-corrected chi connectivity index (χ0v) is 10.7. The number of nitrogens with one attached hydrogen (secondary N) is 1. The van der Waals surface area contributed by atoms with Gasteiger partial charge in [-0.2, -0.15) is 5.48 Å². The van der Waals surface area contributed by atoms with Gasteiger partial charge < -0.3 is 9.25 Å². The van der Waals surface area contributed by atoms with Crippen molar-refractivity contribution in [3.05, 3.63) is 29.7 Å². The van der Waals surface area contributed by atoms with Gasteiger partial charge in [-0.15, -0.1) is 0 Å². The fraction of sp³-hybridized carbons (Fsp3) is 0.462. The quantitative estimate of drug-likeness (QED) is 0.829. The minimum Gasteiger partial charge on any atom is -0.440 e. The molecule has 4 nitrogen and oxygen atoms in total. The lowest BCUT2D eigenvalue weighted by molar-refractivity contribution is 0.0867. The Hall–Kier alpha value is -1.39. The lowest BCUT2D eigenvalue weighted by Crippen LogP contribution is -2.11. The van der Waals surface area contributed by atoms with E-state index in [4.69, 9.17) is 9.25 Å². The molecule has 0 aliphatic heterocycles. The average Bonchev–Trinajstić information content (AvgIpc) is 2.68. The van der Waals surface area contributed by atoms with Gasteiger partial charge in [0.1, 0.15) is 5.52 Å². The third-order valence-corrected chi connectivity index (χ3v) is 2.51. The first-order valence-electron chi connectivity index (χ1n) is 5.66. The van der Waals surface area contributed by atoms with E-state index in [1.165, 1.54) is 0 Å². The molecule has 2 rings (SSSR count). The van der Waals surface area contributed by atoms with E-state index < -0.39 is 0 Å². The summed E-state index contributed by atoms with van der Waals surface area (Å²) in [6.07, 6.45) is 0. The van der Waals surface area contributed by atoms with Crippen molar-refractivity contribution in [1.82, 2.24) is 10.5 Å². The molecule has 0 saturated heterocycles. The van der Waals surface area contributed by atoms with Crippen LogP contribution in [0.2, 0.25) is 0 Å². The highest BCUT2D eigenvalue weighted by Gasteiger charge is 2.20. The molecule has 92 valence electrons. The van der Waals surface area contributed by atoms with Crippen molar-refractivity contribution < 1.29 is 9.25 Å². The van der Waals surface area contributed by atoms with Crippen molar-refractivity contribution in [3.63, 3.8) is 0 Å². The molecule has 1 heterocycles. The molecule has 4 heteroatoms. The van der Waals surface area contributed by atoms with Gasteiger partial charge in [-0.3, -0.25) is 0 Å². The molecule has 0 aliphatic rings. The molecule has 0 saturated carbocycles. The van der Waals surface area contributed by atoms with Gasteiger partial charge in [0.15, 0.2) is 5.58 Å². The highest BCUT2D eigenvalue weighted by molar-refractivity contribution is 5.73. The Morgan fingerprint density at radius 1 is 1.35 bits per heavy atom. The summed E-state index contributed by atoms with van der Waals surface area (Å²) in [5, 5.41) is 0. The Balaban J connectivity index is 2.34. The molecule has 1 aromatic heterocycles. The normalized spacial score (nSPS) is 12.2. The summed E-state index contributed by atoms with van der Waals surface area (Å²) < 4.78 is 5.73. The monoisotopic (exact) mass is 234 g/mol. The predicted molar refractivity (Wildman–Crippen MR) is 66.6 cm³/mol. The Morgan fingerprint density at radius 3 is 2.76 bits per heavy atom. The van der Waals surface area contributed by atoms with E-state index in [0.29, 0.717) is 6.54 Å². The lowest BCUT2D eigenvalue weighted by Gasteiger charge is -2.11. The summed E-state index contributed by atoms with van der Waals surface area (Å²) in [5.41, 5.74) is 5.58. The van der Waals surface area contributed by atoms with Gasteiger partial charge in [0.25, 0.3) is 0 Å². The van der Waals surface area contributed by atoms with Crippen LogP contribution in [0.15, 0.2) is 22.6 Å². The third-order valence-electron chi connectivity index (χ3n) is 2.51. The lowest BCUT2D eigenvalue weighted by atomic mass is 9.97. The van der Waals surface area contributed by atoms with Gasteiger partial charge in [0.05, 0.1) is 7.11 Å². The molecule has 2 aromatic rings. The van der Waals surface area contributed by atoms with E-state index >= 15 is 0 Å². The van der Waals surface area contributed by atoms with Crippen LogP contribution in [-0.2, 0) is 16.8 Å². The SMILES string of the molecule is CONCc1ccc2oc(C(C)(C)C)nc2c1. The zero-order valence-electron chi connectivity index (χ0n) is 10.7. The van der Waals surface area contributed by atoms with Crippen molar-refractivity contribution in [3.8, 4) is 0 Å². The second kappa shape index (κ2) is 4.47. The smallest absolute Gasteiger partial charge is 0.200 e. The van der Waals surface area contributed by atoms with Crippen molar-refractivity contribution in [2.75, 3.05) is 7.11 Å². The second-order valence-electron chi connectivity index (χ2n) is 5.10. The molecular formula is C13H18N2O2. The van der Waals surface area contributed by atoms with Crippen molar-refractivity contribution in [2.24, 2.45) is 0 Å². The van der Waals surface area contributed by atoms with Gasteiger partial charge in [0.2, 0.25) is 5.89 Å².